The van der Waals surface area contributed by atoms with Gasteiger partial charge in [-0.1, -0.05) is 6.07 Å². The highest BCUT2D eigenvalue weighted by Crippen LogP contribution is 2.16. The minimum Gasteiger partial charge on any atom is -0.497 e. The Balaban J connectivity index is 2.01. The van der Waals surface area contributed by atoms with Gasteiger partial charge in [-0.3, -0.25) is 5.43 Å². The number of hydrogen-bond acceptors (Lipinski definition) is 3. The number of H-pyrrole nitrogens is 1. The first-order chi connectivity index (χ1) is 10.5. The first kappa shape index (κ1) is 16.0. The third-order valence-electron chi connectivity index (χ3n) is 3.29. The molecule has 1 heterocycles. The van der Waals surface area contributed by atoms with Crippen molar-refractivity contribution in [2.24, 2.45) is 5.10 Å². The molecule has 5 nitrogen and oxygen atoms in total. The molecule has 6 heteroatoms. The van der Waals surface area contributed by atoms with Gasteiger partial charge in [0.1, 0.15) is 5.75 Å². The first-order valence-corrected chi connectivity index (χ1v) is 7.32. The molecule has 0 atom stereocenters. The average Bonchev–Trinajstić information content (AvgIpc) is 2.84. The van der Waals surface area contributed by atoms with Gasteiger partial charge in [0, 0.05) is 29.2 Å². The topological polar surface area (TPSA) is 61.4 Å². The number of thiocarbonyl (C=S) groups is 1. The van der Waals surface area contributed by atoms with E-state index in [0.717, 1.165) is 34.0 Å². The van der Waals surface area contributed by atoms with Crippen molar-refractivity contribution >= 4 is 28.7 Å². The smallest absolute Gasteiger partial charge is 0.191 e. The molecule has 2 rings (SSSR count). The Morgan fingerprint density at radius 3 is 2.73 bits per heavy atom. The number of anilines is 1. The summed E-state index contributed by atoms with van der Waals surface area (Å²) in [5, 5.41) is 7.84. The molecule has 0 spiro atoms. The molecule has 1 aromatic heterocycles. The van der Waals surface area contributed by atoms with E-state index in [1.807, 2.05) is 51.2 Å². The predicted molar refractivity (Wildman–Crippen MR) is 94.8 cm³/mol. The number of aromatic nitrogens is 1. The summed E-state index contributed by atoms with van der Waals surface area (Å²) >= 11 is 5.25. The standard InChI is InChI=1S/C16H20N4OS/c1-10-9-17-11(2)15(10)12(3)19-20-16(22)18-13-6-5-7-14(8-13)21-4/h5-9,17H,1-4H3,(H2,18,20,22)/b19-12+. The number of ether oxygens (including phenoxy) is 1. The van der Waals surface area contributed by atoms with E-state index in [0.29, 0.717) is 5.11 Å². The number of rotatable bonds is 4. The highest BCUT2D eigenvalue weighted by Gasteiger charge is 2.07. The van der Waals surface area contributed by atoms with Gasteiger partial charge in [-0.15, -0.1) is 0 Å². The normalized spacial score (nSPS) is 11.2. The van der Waals surface area contributed by atoms with Crippen LogP contribution in [0.25, 0.3) is 0 Å². The van der Waals surface area contributed by atoms with Gasteiger partial charge in [0.2, 0.25) is 0 Å². The maximum Gasteiger partial charge on any atom is 0.191 e. The fourth-order valence-corrected chi connectivity index (χ4v) is 2.43. The van der Waals surface area contributed by atoms with Crippen molar-refractivity contribution in [1.29, 1.82) is 0 Å². The molecule has 1 aromatic carbocycles. The lowest BCUT2D eigenvalue weighted by Crippen LogP contribution is -2.25. The second-order valence-electron chi connectivity index (χ2n) is 4.97. The van der Waals surface area contributed by atoms with Crippen molar-refractivity contribution < 1.29 is 4.74 Å². The fourth-order valence-electron chi connectivity index (χ4n) is 2.26. The van der Waals surface area contributed by atoms with Crippen molar-refractivity contribution in [3.05, 3.63) is 47.3 Å². The second kappa shape index (κ2) is 7.09. The van der Waals surface area contributed by atoms with Crippen LogP contribution in [0.4, 0.5) is 5.69 Å². The molecule has 0 amide bonds. The molecular formula is C16H20N4OS. The Bertz CT molecular complexity index is 686. The number of hydrazone groups is 1. The van der Waals surface area contributed by atoms with Crippen molar-refractivity contribution in [2.75, 3.05) is 12.4 Å². The number of methoxy groups -OCH3 is 1. The molecule has 0 unspecified atom stereocenters. The van der Waals surface area contributed by atoms with Gasteiger partial charge in [0.25, 0.3) is 0 Å². The Morgan fingerprint density at radius 2 is 2.09 bits per heavy atom. The number of benzene rings is 1. The van der Waals surface area contributed by atoms with E-state index in [9.17, 15) is 0 Å². The van der Waals surface area contributed by atoms with Crippen LogP contribution in [0.3, 0.4) is 0 Å². The molecule has 116 valence electrons. The van der Waals surface area contributed by atoms with Gasteiger partial charge >= 0.3 is 0 Å². The molecule has 3 N–H and O–H groups in total. The van der Waals surface area contributed by atoms with Gasteiger partial charge in [-0.25, -0.2) is 0 Å². The molecule has 0 saturated carbocycles. The molecule has 0 aliphatic heterocycles. The molecule has 0 fully saturated rings. The van der Waals surface area contributed by atoms with Gasteiger partial charge in [-0.2, -0.15) is 5.10 Å². The maximum atomic E-state index is 5.25. The van der Waals surface area contributed by atoms with Crippen LogP contribution in [0.1, 0.15) is 23.7 Å². The van der Waals surface area contributed by atoms with Crippen LogP contribution in [-0.4, -0.2) is 22.9 Å². The zero-order chi connectivity index (χ0) is 16.1. The Morgan fingerprint density at radius 1 is 1.32 bits per heavy atom. The molecule has 0 aliphatic carbocycles. The monoisotopic (exact) mass is 316 g/mol. The lowest BCUT2D eigenvalue weighted by atomic mass is 10.1. The predicted octanol–water partition coefficient (Wildman–Crippen LogP) is 3.35. The minimum absolute atomic E-state index is 0.429. The Hall–Kier alpha value is -2.34. The highest BCUT2D eigenvalue weighted by molar-refractivity contribution is 7.80. The lowest BCUT2D eigenvalue weighted by molar-refractivity contribution is 0.415. The van der Waals surface area contributed by atoms with E-state index in [-0.39, 0.29) is 0 Å². The molecule has 0 saturated heterocycles. The van der Waals surface area contributed by atoms with E-state index >= 15 is 0 Å². The molecule has 0 aliphatic rings. The zero-order valence-corrected chi connectivity index (χ0v) is 14.0. The molecule has 0 radical (unpaired) electrons. The lowest BCUT2D eigenvalue weighted by Gasteiger charge is -2.09. The van der Waals surface area contributed by atoms with Gasteiger partial charge in [0.15, 0.2) is 5.11 Å². The highest BCUT2D eigenvalue weighted by atomic mass is 32.1. The Kier molecular flexibility index (Phi) is 5.16. The minimum atomic E-state index is 0.429. The molecule has 2 aromatic rings. The van der Waals surface area contributed by atoms with Crippen LogP contribution < -0.4 is 15.5 Å². The summed E-state index contributed by atoms with van der Waals surface area (Å²) in [6.45, 7) is 6.02. The molecular weight excluding hydrogens is 296 g/mol. The number of aryl methyl sites for hydroxylation is 2. The maximum absolute atomic E-state index is 5.25. The van der Waals surface area contributed by atoms with Gasteiger partial charge in [0.05, 0.1) is 12.8 Å². The van der Waals surface area contributed by atoms with Crippen molar-refractivity contribution in [2.45, 2.75) is 20.8 Å². The van der Waals surface area contributed by atoms with Gasteiger partial charge in [-0.05, 0) is 50.7 Å². The first-order valence-electron chi connectivity index (χ1n) is 6.91. The van der Waals surface area contributed by atoms with Crippen molar-refractivity contribution in [1.82, 2.24) is 10.4 Å². The van der Waals surface area contributed by atoms with E-state index in [1.165, 1.54) is 0 Å². The summed E-state index contributed by atoms with van der Waals surface area (Å²) in [7, 11) is 1.63. The van der Waals surface area contributed by atoms with Gasteiger partial charge < -0.3 is 15.0 Å². The zero-order valence-electron chi connectivity index (χ0n) is 13.2. The molecule has 22 heavy (non-hydrogen) atoms. The summed E-state index contributed by atoms with van der Waals surface area (Å²) in [4.78, 5) is 3.19. The van der Waals surface area contributed by atoms with Crippen LogP contribution >= 0.6 is 12.2 Å². The summed E-state index contributed by atoms with van der Waals surface area (Å²) in [5.41, 5.74) is 7.95. The van der Waals surface area contributed by atoms with E-state index in [4.69, 9.17) is 17.0 Å². The van der Waals surface area contributed by atoms with Crippen LogP contribution in [0, 0.1) is 13.8 Å². The average molecular weight is 316 g/mol. The van der Waals surface area contributed by atoms with Crippen LogP contribution in [0.5, 0.6) is 5.75 Å². The van der Waals surface area contributed by atoms with Crippen LogP contribution in [0.15, 0.2) is 35.6 Å². The third-order valence-corrected chi connectivity index (χ3v) is 3.48. The molecule has 0 bridgehead atoms. The number of nitrogens with zero attached hydrogens (tertiary/aromatic N) is 1. The summed E-state index contributed by atoms with van der Waals surface area (Å²) < 4.78 is 5.18. The van der Waals surface area contributed by atoms with E-state index in [1.54, 1.807) is 7.11 Å². The number of hydrogen-bond donors (Lipinski definition) is 3. The summed E-state index contributed by atoms with van der Waals surface area (Å²) in [5.74, 6) is 0.769. The summed E-state index contributed by atoms with van der Waals surface area (Å²) in [6, 6.07) is 7.55. The number of aromatic amines is 1. The van der Waals surface area contributed by atoms with E-state index < -0.39 is 0 Å². The largest absolute Gasteiger partial charge is 0.497 e. The second-order valence-corrected chi connectivity index (χ2v) is 5.38. The fraction of sp³-hybridized carbons (Fsp3) is 0.250. The third kappa shape index (κ3) is 3.85. The Labute approximate surface area is 135 Å². The number of nitrogens with one attached hydrogen (secondary N) is 3. The SMILES string of the molecule is COc1cccc(NC(=S)N/N=C(\C)c2c(C)c[nH]c2C)c1. The summed E-state index contributed by atoms with van der Waals surface area (Å²) in [6.07, 6.45) is 1.97. The quantitative estimate of drug-likeness (QED) is 0.460. The van der Waals surface area contributed by atoms with Crippen molar-refractivity contribution in [3.8, 4) is 5.75 Å². The van der Waals surface area contributed by atoms with E-state index in [2.05, 4.69) is 20.8 Å². The van der Waals surface area contributed by atoms with Crippen molar-refractivity contribution in [3.63, 3.8) is 0 Å². The van der Waals surface area contributed by atoms with Crippen LogP contribution in [0.2, 0.25) is 0 Å². The van der Waals surface area contributed by atoms with Crippen LogP contribution in [-0.2, 0) is 0 Å².